The lowest BCUT2D eigenvalue weighted by molar-refractivity contribution is 0.0937. The number of amides is 1. The van der Waals surface area contributed by atoms with Crippen LogP contribution in [-0.4, -0.2) is 31.2 Å². The topological polar surface area (TPSA) is 104 Å². The molecule has 7 nitrogen and oxygen atoms in total. The number of nitriles is 1. The number of carbonyl (C=O) groups excluding carboxylic acids is 1. The predicted octanol–water partition coefficient (Wildman–Crippen LogP) is 1.54. The lowest BCUT2D eigenvalue weighted by atomic mass is 9.96. The molecule has 0 fully saturated rings. The van der Waals surface area contributed by atoms with Gasteiger partial charge in [0.1, 0.15) is 11.6 Å². The molecule has 1 aromatic heterocycles. The molecule has 0 saturated heterocycles. The number of fused-ring (bicyclic) bond motifs is 1. The fourth-order valence-corrected chi connectivity index (χ4v) is 3.02. The van der Waals surface area contributed by atoms with E-state index in [-0.39, 0.29) is 17.4 Å². The highest BCUT2D eigenvalue weighted by Gasteiger charge is 2.23. The van der Waals surface area contributed by atoms with Crippen molar-refractivity contribution in [2.24, 2.45) is 5.92 Å². The molecule has 1 atom stereocenters. The molecule has 1 aliphatic rings. The van der Waals surface area contributed by atoms with Crippen LogP contribution >= 0.6 is 0 Å². The number of nitrogens with one attached hydrogen (secondary N) is 2. The highest BCUT2D eigenvalue weighted by atomic mass is 16.5. The van der Waals surface area contributed by atoms with Crippen molar-refractivity contribution in [1.82, 2.24) is 10.3 Å². The number of hydrogen-bond acceptors (Lipinski definition) is 5. The number of para-hydroxylation sites is 1. The minimum atomic E-state index is -0.493. The third-order valence-electron chi connectivity index (χ3n) is 4.41. The summed E-state index contributed by atoms with van der Waals surface area (Å²) in [7, 11) is 1.60. The van der Waals surface area contributed by atoms with Gasteiger partial charge in [-0.1, -0.05) is 12.1 Å². The van der Waals surface area contributed by atoms with E-state index >= 15 is 0 Å². The van der Waals surface area contributed by atoms with E-state index in [0.29, 0.717) is 30.2 Å². The second-order valence-electron chi connectivity index (χ2n) is 6.20. The summed E-state index contributed by atoms with van der Waals surface area (Å²) in [5, 5.41) is 11.8. The Labute approximate surface area is 150 Å². The molecule has 0 spiro atoms. The summed E-state index contributed by atoms with van der Waals surface area (Å²) in [5.41, 5.74) is 1.19. The molecule has 26 heavy (non-hydrogen) atoms. The number of benzene rings is 1. The van der Waals surface area contributed by atoms with Gasteiger partial charge in [-0.3, -0.25) is 9.59 Å². The normalized spacial score (nSPS) is 15.3. The van der Waals surface area contributed by atoms with Gasteiger partial charge in [0.05, 0.1) is 19.3 Å². The molecule has 0 unspecified atom stereocenters. The molecule has 3 rings (SSSR count). The van der Waals surface area contributed by atoms with Crippen LogP contribution in [0.2, 0.25) is 0 Å². The molecule has 1 aromatic carbocycles. The zero-order valence-electron chi connectivity index (χ0n) is 14.6. The van der Waals surface area contributed by atoms with Crippen LogP contribution in [0, 0.1) is 24.2 Å². The number of H-pyrrole nitrogens is 1. The van der Waals surface area contributed by atoms with Crippen molar-refractivity contribution < 1.29 is 14.3 Å². The maximum absolute atomic E-state index is 12.4. The Balaban J connectivity index is 1.68. The van der Waals surface area contributed by atoms with Gasteiger partial charge in [0, 0.05) is 18.2 Å². The van der Waals surface area contributed by atoms with Gasteiger partial charge in [-0.05, 0) is 31.0 Å². The van der Waals surface area contributed by atoms with E-state index in [2.05, 4.69) is 10.3 Å². The molecular formula is C19H19N3O4. The van der Waals surface area contributed by atoms with Crippen molar-refractivity contribution in [1.29, 1.82) is 5.26 Å². The van der Waals surface area contributed by atoms with Gasteiger partial charge in [0.25, 0.3) is 11.5 Å². The van der Waals surface area contributed by atoms with Gasteiger partial charge < -0.3 is 19.8 Å². The number of aromatic amines is 1. The maximum atomic E-state index is 12.4. The van der Waals surface area contributed by atoms with E-state index in [1.807, 2.05) is 18.2 Å². The van der Waals surface area contributed by atoms with Gasteiger partial charge in [0.15, 0.2) is 11.5 Å². The highest BCUT2D eigenvalue weighted by Crippen LogP contribution is 2.35. The van der Waals surface area contributed by atoms with Crippen LogP contribution in [0.25, 0.3) is 0 Å². The molecular weight excluding hydrogens is 334 g/mol. The summed E-state index contributed by atoms with van der Waals surface area (Å²) in [6.07, 6.45) is 0.765. The lowest BCUT2D eigenvalue weighted by Gasteiger charge is -2.26. The van der Waals surface area contributed by atoms with Crippen LogP contribution in [0.4, 0.5) is 0 Å². The number of hydrogen-bond donors (Lipinski definition) is 2. The number of pyridine rings is 1. The smallest absolute Gasteiger partial charge is 0.266 e. The summed E-state index contributed by atoms with van der Waals surface area (Å²) in [6.45, 7) is 2.53. The number of carbonyl (C=O) groups is 1. The van der Waals surface area contributed by atoms with Gasteiger partial charge in [0.2, 0.25) is 0 Å². The number of aromatic nitrogens is 1. The molecule has 0 radical (unpaired) electrons. The van der Waals surface area contributed by atoms with Crippen molar-refractivity contribution in [3.8, 4) is 17.6 Å². The average Bonchev–Trinajstić information content (AvgIpc) is 2.65. The Bertz CT molecular complexity index is 943. The Morgan fingerprint density at radius 2 is 2.31 bits per heavy atom. The predicted molar refractivity (Wildman–Crippen MR) is 94.5 cm³/mol. The maximum Gasteiger partial charge on any atom is 0.266 e. The lowest BCUT2D eigenvalue weighted by Crippen LogP contribution is -2.35. The SMILES string of the molecule is COc1cccc2c1OC[C@@H](CNC(=O)c1cc(C#N)c(=O)[nH]c1C)C2. The molecule has 1 amide bonds. The summed E-state index contributed by atoms with van der Waals surface area (Å²) < 4.78 is 11.1. The third-order valence-corrected chi connectivity index (χ3v) is 4.41. The molecule has 134 valence electrons. The molecule has 7 heteroatoms. The zero-order chi connectivity index (χ0) is 18.7. The van der Waals surface area contributed by atoms with Crippen molar-refractivity contribution in [3.63, 3.8) is 0 Å². The second-order valence-corrected chi connectivity index (χ2v) is 6.20. The van der Waals surface area contributed by atoms with E-state index in [4.69, 9.17) is 14.7 Å². The number of nitrogens with zero attached hydrogens (tertiary/aromatic N) is 1. The largest absolute Gasteiger partial charge is 0.493 e. The molecule has 2 N–H and O–H groups in total. The van der Waals surface area contributed by atoms with Gasteiger partial charge in [-0.25, -0.2) is 0 Å². The van der Waals surface area contributed by atoms with E-state index in [9.17, 15) is 9.59 Å². The van der Waals surface area contributed by atoms with Crippen LogP contribution in [0.1, 0.15) is 27.2 Å². The Morgan fingerprint density at radius 3 is 3.04 bits per heavy atom. The van der Waals surface area contributed by atoms with Crippen LogP contribution in [0.15, 0.2) is 29.1 Å². The minimum absolute atomic E-state index is 0.0808. The molecule has 0 saturated carbocycles. The van der Waals surface area contributed by atoms with E-state index < -0.39 is 5.56 Å². The number of aryl methyl sites for hydroxylation is 1. The Morgan fingerprint density at radius 1 is 1.50 bits per heavy atom. The van der Waals surface area contributed by atoms with E-state index in [1.54, 1.807) is 20.1 Å². The molecule has 2 heterocycles. The van der Waals surface area contributed by atoms with E-state index in [0.717, 1.165) is 17.7 Å². The summed E-state index contributed by atoms with van der Waals surface area (Å²) in [6, 6.07) is 8.86. The monoisotopic (exact) mass is 353 g/mol. The van der Waals surface area contributed by atoms with Crippen LogP contribution in [-0.2, 0) is 6.42 Å². The third kappa shape index (κ3) is 3.40. The van der Waals surface area contributed by atoms with Crippen molar-refractivity contribution in [3.05, 3.63) is 57.0 Å². The first-order chi connectivity index (χ1) is 12.5. The van der Waals surface area contributed by atoms with Crippen molar-refractivity contribution in [2.45, 2.75) is 13.3 Å². The highest BCUT2D eigenvalue weighted by molar-refractivity contribution is 5.95. The number of ether oxygens (including phenoxy) is 2. The van der Waals surface area contributed by atoms with Gasteiger partial charge in [-0.2, -0.15) is 5.26 Å². The van der Waals surface area contributed by atoms with Gasteiger partial charge >= 0.3 is 0 Å². The zero-order valence-corrected chi connectivity index (χ0v) is 14.6. The first-order valence-electron chi connectivity index (χ1n) is 8.24. The van der Waals surface area contributed by atoms with Crippen molar-refractivity contribution >= 4 is 5.91 Å². The van der Waals surface area contributed by atoms with Gasteiger partial charge in [-0.15, -0.1) is 0 Å². The second kappa shape index (κ2) is 7.31. The summed E-state index contributed by atoms with van der Waals surface area (Å²) in [4.78, 5) is 26.5. The number of methoxy groups -OCH3 is 1. The standard InChI is InChI=1S/C19H19N3O4/c1-11-15(7-14(8-20)18(23)22-11)19(24)21-9-12-6-13-4-3-5-16(25-2)17(13)26-10-12/h3-5,7,12H,6,9-10H2,1-2H3,(H,21,24)(H,22,23)/t12-/m1/s1. The first-order valence-corrected chi connectivity index (χ1v) is 8.24. The molecule has 0 bridgehead atoms. The Kier molecular flexibility index (Phi) is 4.94. The quantitative estimate of drug-likeness (QED) is 0.868. The Hall–Kier alpha value is -3.27. The van der Waals surface area contributed by atoms with Crippen LogP contribution < -0.4 is 20.3 Å². The minimum Gasteiger partial charge on any atom is -0.493 e. The van der Waals surface area contributed by atoms with Crippen LogP contribution in [0.3, 0.4) is 0 Å². The first kappa shape index (κ1) is 17.5. The van der Waals surface area contributed by atoms with E-state index in [1.165, 1.54) is 6.07 Å². The molecule has 1 aliphatic heterocycles. The molecule has 0 aliphatic carbocycles. The number of rotatable bonds is 4. The molecule has 2 aromatic rings. The van der Waals surface area contributed by atoms with Crippen molar-refractivity contribution in [2.75, 3.05) is 20.3 Å². The summed E-state index contributed by atoms with van der Waals surface area (Å²) >= 11 is 0. The fourth-order valence-electron chi connectivity index (χ4n) is 3.02. The average molecular weight is 353 g/mol. The van der Waals surface area contributed by atoms with Crippen LogP contribution in [0.5, 0.6) is 11.5 Å². The fraction of sp³-hybridized carbons (Fsp3) is 0.316. The summed E-state index contributed by atoms with van der Waals surface area (Å²) in [5.74, 6) is 1.26.